The molecule has 0 spiro atoms. The largest absolute Gasteiger partial charge is 0.497 e. The third-order valence-corrected chi connectivity index (χ3v) is 4.33. The Labute approximate surface area is 127 Å². The number of amides is 1. The van der Waals surface area contributed by atoms with Crippen LogP contribution in [-0.4, -0.2) is 26.1 Å². The van der Waals surface area contributed by atoms with Crippen LogP contribution < -0.4 is 15.4 Å². The third kappa shape index (κ3) is 4.35. The Morgan fingerprint density at radius 2 is 2.42 bits per heavy atom. The van der Waals surface area contributed by atoms with Gasteiger partial charge < -0.3 is 15.4 Å². The predicted molar refractivity (Wildman–Crippen MR) is 84.6 cm³/mol. The fourth-order valence-corrected chi connectivity index (χ4v) is 2.71. The van der Waals surface area contributed by atoms with Gasteiger partial charge in [0.2, 0.25) is 5.91 Å². The summed E-state index contributed by atoms with van der Waals surface area (Å²) in [6.07, 6.45) is 2.73. The number of carbonyl (C=O) groups excluding carboxylic acids is 1. The highest BCUT2D eigenvalue weighted by molar-refractivity contribution is 14.1. The Balaban J connectivity index is 1.87. The van der Waals surface area contributed by atoms with Crippen LogP contribution in [0.2, 0.25) is 0 Å². The molecule has 2 rings (SSSR count). The molecule has 1 aromatic rings. The second kappa shape index (κ2) is 7.09. The van der Waals surface area contributed by atoms with Crippen molar-refractivity contribution in [3.8, 4) is 5.75 Å². The van der Waals surface area contributed by atoms with Crippen LogP contribution in [0.1, 0.15) is 19.3 Å². The number of halogens is 1. The molecule has 1 atom stereocenters. The summed E-state index contributed by atoms with van der Waals surface area (Å²) in [5, 5.41) is 6.28. The molecular formula is C14H19IN2O2. The van der Waals surface area contributed by atoms with E-state index in [0.29, 0.717) is 12.3 Å². The highest BCUT2D eigenvalue weighted by atomic mass is 127. The Morgan fingerprint density at radius 3 is 3.11 bits per heavy atom. The molecule has 1 saturated heterocycles. The van der Waals surface area contributed by atoms with Crippen LogP contribution >= 0.6 is 22.6 Å². The summed E-state index contributed by atoms with van der Waals surface area (Å²) in [5.74, 6) is 1.49. The molecule has 0 aliphatic carbocycles. The maximum Gasteiger partial charge on any atom is 0.224 e. The van der Waals surface area contributed by atoms with Gasteiger partial charge >= 0.3 is 0 Å². The molecular weight excluding hydrogens is 355 g/mol. The molecule has 1 aromatic carbocycles. The van der Waals surface area contributed by atoms with Crippen LogP contribution in [0.25, 0.3) is 0 Å². The molecule has 1 aliphatic rings. The van der Waals surface area contributed by atoms with Crippen molar-refractivity contribution in [3.63, 3.8) is 0 Å². The molecule has 0 aromatic heterocycles. The molecule has 1 heterocycles. The smallest absolute Gasteiger partial charge is 0.224 e. The van der Waals surface area contributed by atoms with E-state index < -0.39 is 0 Å². The quantitative estimate of drug-likeness (QED) is 0.780. The molecule has 0 radical (unpaired) electrons. The van der Waals surface area contributed by atoms with Crippen molar-refractivity contribution in [1.82, 2.24) is 5.32 Å². The minimum absolute atomic E-state index is 0.0815. The van der Waals surface area contributed by atoms with Crippen molar-refractivity contribution in [3.05, 3.63) is 21.8 Å². The number of anilines is 1. The maximum absolute atomic E-state index is 11.9. The maximum atomic E-state index is 11.9. The first kappa shape index (κ1) is 14.6. The van der Waals surface area contributed by atoms with E-state index in [-0.39, 0.29) is 5.91 Å². The topological polar surface area (TPSA) is 50.4 Å². The monoisotopic (exact) mass is 374 g/mol. The SMILES string of the molecule is COc1ccc(I)c(NC(=O)CCC2CCNC2)c1. The highest BCUT2D eigenvalue weighted by Gasteiger charge is 2.16. The number of nitrogens with one attached hydrogen (secondary N) is 2. The first-order valence-corrected chi connectivity index (χ1v) is 7.61. The van der Waals surface area contributed by atoms with Crippen LogP contribution in [0, 0.1) is 9.49 Å². The first-order chi connectivity index (χ1) is 9.19. The zero-order chi connectivity index (χ0) is 13.7. The average molecular weight is 374 g/mol. The zero-order valence-corrected chi connectivity index (χ0v) is 13.2. The number of hydrogen-bond acceptors (Lipinski definition) is 3. The molecule has 104 valence electrons. The lowest BCUT2D eigenvalue weighted by molar-refractivity contribution is -0.116. The Bertz CT molecular complexity index is 445. The van der Waals surface area contributed by atoms with Crippen molar-refractivity contribution in [2.45, 2.75) is 19.3 Å². The lowest BCUT2D eigenvalue weighted by Crippen LogP contribution is -2.15. The molecule has 0 saturated carbocycles. The number of carbonyl (C=O) groups is 1. The summed E-state index contributed by atoms with van der Waals surface area (Å²) in [7, 11) is 1.63. The summed E-state index contributed by atoms with van der Waals surface area (Å²) in [6, 6.07) is 5.69. The first-order valence-electron chi connectivity index (χ1n) is 6.53. The lowest BCUT2D eigenvalue weighted by Gasteiger charge is -2.11. The van der Waals surface area contributed by atoms with E-state index in [2.05, 4.69) is 33.2 Å². The number of hydrogen-bond donors (Lipinski definition) is 2. The van der Waals surface area contributed by atoms with Gasteiger partial charge in [-0.15, -0.1) is 0 Å². The van der Waals surface area contributed by atoms with E-state index in [0.717, 1.165) is 34.5 Å². The van der Waals surface area contributed by atoms with Gasteiger partial charge in [-0.3, -0.25) is 4.79 Å². The summed E-state index contributed by atoms with van der Waals surface area (Å²) in [4.78, 5) is 11.9. The van der Waals surface area contributed by atoms with Crippen molar-refractivity contribution in [1.29, 1.82) is 0 Å². The Kier molecular flexibility index (Phi) is 5.45. The van der Waals surface area contributed by atoms with Crippen LogP contribution in [0.5, 0.6) is 5.75 Å². The second-order valence-electron chi connectivity index (χ2n) is 4.79. The molecule has 4 nitrogen and oxygen atoms in total. The Morgan fingerprint density at radius 1 is 1.58 bits per heavy atom. The van der Waals surface area contributed by atoms with E-state index in [1.165, 1.54) is 6.42 Å². The highest BCUT2D eigenvalue weighted by Crippen LogP contribution is 2.24. The third-order valence-electron chi connectivity index (χ3n) is 3.39. The summed E-state index contributed by atoms with van der Waals surface area (Å²) in [5.41, 5.74) is 0.828. The minimum atomic E-state index is 0.0815. The van der Waals surface area contributed by atoms with Gasteiger partial charge in [-0.25, -0.2) is 0 Å². The zero-order valence-electron chi connectivity index (χ0n) is 11.0. The molecule has 1 fully saturated rings. The molecule has 1 unspecified atom stereocenters. The van der Waals surface area contributed by atoms with E-state index in [9.17, 15) is 4.79 Å². The van der Waals surface area contributed by atoms with Gasteiger partial charge in [-0.1, -0.05) is 0 Å². The van der Waals surface area contributed by atoms with Gasteiger partial charge in [0.05, 0.1) is 12.8 Å². The van der Waals surface area contributed by atoms with Gasteiger partial charge in [-0.2, -0.15) is 0 Å². The number of ether oxygens (including phenoxy) is 1. The average Bonchev–Trinajstić information content (AvgIpc) is 2.92. The number of methoxy groups -OCH3 is 1. The number of benzene rings is 1. The fourth-order valence-electron chi connectivity index (χ4n) is 2.24. The fraction of sp³-hybridized carbons (Fsp3) is 0.500. The van der Waals surface area contributed by atoms with Gasteiger partial charge in [0.25, 0.3) is 0 Å². The molecule has 0 bridgehead atoms. The normalized spacial score (nSPS) is 18.3. The van der Waals surface area contributed by atoms with Crippen LogP contribution in [0.3, 0.4) is 0 Å². The molecule has 1 amide bonds. The van der Waals surface area contributed by atoms with E-state index in [1.54, 1.807) is 7.11 Å². The molecule has 5 heteroatoms. The lowest BCUT2D eigenvalue weighted by atomic mass is 10.0. The van der Waals surface area contributed by atoms with Crippen LogP contribution in [0.4, 0.5) is 5.69 Å². The van der Waals surface area contributed by atoms with E-state index in [1.807, 2.05) is 18.2 Å². The summed E-state index contributed by atoms with van der Waals surface area (Å²) < 4.78 is 6.19. The van der Waals surface area contributed by atoms with Crippen molar-refractivity contribution in [2.24, 2.45) is 5.92 Å². The summed E-state index contributed by atoms with van der Waals surface area (Å²) in [6.45, 7) is 2.13. The van der Waals surface area contributed by atoms with Gasteiger partial charge in [0, 0.05) is 16.1 Å². The van der Waals surface area contributed by atoms with Crippen molar-refractivity contribution in [2.75, 3.05) is 25.5 Å². The van der Waals surface area contributed by atoms with E-state index >= 15 is 0 Å². The second-order valence-corrected chi connectivity index (χ2v) is 5.95. The standard InChI is InChI=1S/C14H19IN2O2/c1-19-11-3-4-12(15)13(8-11)17-14(18)5-2-10-6-7-16-9-10/h3-4,8,10,16H,2,5-7,9H2,1H3,(H,17,18). The predicted octanol–water partition coefficient (Wildman–Crippen LogP) is 2.63. The number of rotatable bonds is 5. The minimum Gasteiger partial charge on any atom is -0.497 e. The van der Waals surface area contributed by atoms with Crippen molar-refractivity contribution < 1.29 is 9.53 Å². The van der Waals surface area contributed by atoms with Gasteiger partial charge in [0.1, 0.15) is 5.75 Å². The van der Waals surface area contributed by atoms with Crippen molar-refractivity contribution >= 4 is 34.2 Å². The molecule has 2 N–H and O–H groups in total. The van der Waals surface area contributed by atoms with Crippen LogP contribution in [-0.2, 0) is 4.79 Å². The van der Waals surface area contributed by atoms with Gasteiger partial charge in [-0.05, 0) is 66.6 Å². The summed E-state index contributed by atoms with van der Waals surface area (Å²) >= 11 is 2.21. The molecule has 1 aliphatic heterocycles. The Hall–Kier alpha value is -0.820. The van der Waals surface area contributed by atoms with Crippen LogP contribution in [0.15, 0.2) is 18.2 Å². The molecule has 19 heavy (non-hydrogen) atoms. The van der Waals surface area contributed by atoms with Gasteiger partial charge in [0.15, 0.2) is 0 Å². The van der Waals surface area contributed by atoms with E-state index in [4.69, 9.17) is 4.74 Å².